The van der Waals surface area contributed by atoms with E-state index in [-0.39, 0.29) is 0 Å². The molecule has 0 bridgehead atoms. The van der Waals surface area contributed by atoms with Gasteiger partial charge in [0.05, 0.1) is 11.4 Å². The Morgan fingerprint density at radius 1 is 1.29 bits per heavy atom. The number of benzene rings is 1. The molecule has 0 amide bonds. The van der Waals surface area contributed by atoms with E-state index in [0.29, 0.717) is 5.92 Å². The minimum Gasteiger partial charge on any atom is -0.154 e. The molecule has 2 heteroatoms. The average molecular weight is 187 g/mol. The fraction of sp³-hybridized carbons (Fsp3) is 0.417. The number of rotatable bonds is 3. The van der Waals surface area contributed by atoms with E-state index in [4.69, 9.17) is 0 Å². The Morgan fingerprint density at radius 2 is 2.07 bits per heavy atom. The van der Waals surface area contributed by atoms with E-state index in [1.54, 1.807) is 0 Å². The highest BCUT2D eigenvalue weighted by atomic mass is 15.3. The summed E-state index contributed by atoms with van der Waals surface area (Å²) in [7, 11) is 0. The molecule has 2 rings (SSSR count). The lowest BCUT2D eigenvalue weighted by Crippen LogP contribution is -2.09. The monoisotopic (exact) mass is 187 g/mol. The van der Waals surface area contributed by atoms with Crippen molar-refractivity contribution >= 4 is 11.4 Å². The predicted molar refractivity (Wildman–Crippen MR) is 58.8 cm³/mol. The lowest BCUT2D eigenvalue weighted by atomic mass is 9.94. The van der Waals surface area contributed by atoms with Crippen LogP contribution in [0.25, 0.3) is 0 Å². The first-order chi connectivity index (χ1) is 6.83. The van der Waals surface area contributed by atoms with Gasteiger partial charge in [0.2, 0.25) is 0 Å². The highest BCUT2D eigenvalue weighted by molar-refractivity contribution is 6.07. The van der Waals surface area contributed by atoms with Crippen LogP contribution in [-0.2, 0) is 0 Å². The van der Waals surface area contributed by atoms with E-state index < -0.39 is 0 Å². The molecule has 1 aromatic rings. The topological polar surface area (TPSA) is 26.5 Å². The van der Waals surface area contributed by atoms with Crippen molar-refractivity contribution < 1.29 is 0 Å². The van der Waals surface area contributed by atoms with Crippen LogP contribution >= 0.6 is 0 Å². The molecular formula is C12H15N2. The highest BCUT2D eigenvalue weighted by Gasteiger charge is 2.21. The van der Waals surface area contributed by atoms with Gasteiger partial charge in [-0.05, 0) is 12.5 Å². The first kappa shape index (κ1) is 9.25. The summed E-state index contributed by atoms with van der Waals surface area (Å²) in [5.74, 6) is 0.521. The van der Waals surface area contributed by atoms with Gasteiger partial charge in [-0.2, -0.15) is 10.5 Å². The van der Waals surface area contributed by atoms with Crippen molar-refractivity contribution in [2.75, 3.05) is 0 Å². The van der Waals surface area contributed by atoms with Crippen molar-refractivity contribution in [1.82, 2.24) is 5.43 Å². The van der Waals surface area contributed by atoms with Crippen LogP contribution < -0.4 is 5.43 Å². The minimum absolute atomic E-state index is 0.521. The molecule has 14 heavy (non-hydrogen) atoms. The first-order valence-corrected chi connectivity index (χ1v) is 5.21. The fourth-order valence-electron chi connectivity index (χ4n) is 1.87. The standard InChI is InChI=1S/C12H15N2/c1-3-6-9(2)12-10-7-4-5-8-11(10)13-14-12/h4-5,7-9H,3,6H2,1-2H3. The van der Waals surface area contributed by atoms with Gasteiger partial charge in [-0.15, -0.1) is 0 Å². The maximum absolute atomic E-state index is 4.26. The largest absolute Gasteiger partial charge is 0.154 e. The van der Waals surface area contributed by atoms with Crippen LogP contribution in [0.4, 0.5) is 5.69 Å². The molecule has 1 radical (unpaired) electrons. The molecule has 0 saturated carbocycles. The SMILES string of the molecule is CCCC(C)C1=N[N]c2ccccc21. The van der Waals surface area contributed by atoms with E-state index in [1.165, 1.54) is 18.4 Å². The van der Waals surface area contributed by atoms with Crippen LogP contribution in [0.1, 0.15) is 32.3 Å². The lowest BCUT2D eigenvalue weighted by Gasteiger charge is -2.09. The Morgan fingerprint density at radius 3 is 2.86 bits per heavy atom. The molecule has 1 atom stereocenters. The zero-order chi connectivity index (χ0) is 9.97. The van der Waals surface area contributed by atoms with Crippen LogP contribution in [0, 0.1) is 5.92 Å². The van der Waals surface area contributed by atoms with Crippen molar-refractivity contribution in [3.05, 3.63) is 29.8 Å². The van der Waals surface area contributed by atoms with Crippen molar-refractivity contribution in [3.8, 4) is 0 Å². The first-order valence-electron chi connectivity index (χ1n) is 5.21. The van der Waals surface area contributed by atoms with Crippen molar-refractivity contribution in [1.29, 1.82) is 0 Å². The maximum Gasteiger partial charge on any atom is 0.0948 e. The summed E-state index contributed by atoms with van der Waals surface area (Å²) in [5, 5.41) is 4.26. The molecule has 0 saturated heterocycles. The van der Waals surface area contributed by atoms with Crippen molar-refractivity contribution in [3.63, 3.8) is 0 Å². The molecule has 0 spiro atoms. The summed E-state index contributed by atoms with van der Waals surface area (Å²) in [5.41, 5.74) is 7.56. The smallest absolute Gasteiger partial charge is 0.0948 e. The van der Waals surface area contributed by atoms with Gasteiger partial charge in [-0.25, -0.2) is 0 Å². The fourth-order valence-corrected chi connectivity index (χ4v) is 1.87. The van der Waals surface area contributed by atoms with Crippen LogP contribution in [0.3, 0.4) is 0 Å². The minimum atomic E-state index is 0.521. The summed E-state index contributed by atoms with van der Waals surface area (Å²) in [6.07, 6.45) is 2.38. The van der Waals surface area contributed by atoms with Gasteiger partial charge in [0.15, 0.2) is 0 Å². The summed E-state index contributed by atoms with van der Waals surface area (Å²) in [6.45, 7) is 4.43. The normalized spacial score (nSPS) is 15.7. The molecular weight excluding hydrogens is 172 g/mol. The summed E-state index contributed by atoms with van der Waals surface area (Å²) >= 11 is 0. The Kier molecular flexibility index (Phi) is 2.53. The van der Waals surface area contributed by atoms with E-state index in [1.807, 2.05) is 18.2 Å². The van der Waals surface area contributed by atoms with E-state index in [9.17, 15) is 0 Å². The Labute approximate surface area is 85.0 Å². The van der Waals surface area contributed by atoms with Crippen LogP contribution in [0.15, 0.2) is 29.4 Å². The Bertz CT molecular complexity index is 355. The Hall–Kier alpha value is -1.31. The van der Waals surface area contributed by atoms with Gasteiger partial charge in [-0.1, -0.05) is 38.5 Å². The molecule has 0 N–H and O–H groups in total. The molecule has 1 heterocycles. The highest BCUT2D eigenvalue weighted by Crippen LogP contribution is 2.26. The third-order valence-corrected chi connectivity index (χ3v) is 2.63. The zero-order valence-electron chi connectivity index (χ0n) is 8.70. The van der Waals surface area contributed by atoms with E-state index >= 15 is 0 Å². The third-order valence-electron chi connectivity index (χ3n) is 2.63. The van der Waals surface area contributed by atoms with E-state index in [0.717, 1.165) is 11.4 Å². The van der Waals surface area contributed by atoms with Gasteiger partial charge in [-0.3, -0.25) is 0 Å². The summed E-state index contributed by atoms with van der Waals surface area (Å²) in [4.78, 5) is 0. The zero-order valence-corrected chi connectivity index (χ0v) is 8.70. The second kappa shape index (κ2) is 3.82. The molecule has 0 aliphatic carbocycles. The van der Waals surface area contributed by atoms with Gasteiger partial charge in [0.1, 0.15) is 0 Å². The molecule has 2 nitrogen and oxygen atoms in total. The molecule has 73 valence electrons. The van der Waals surface area contributed by atoms with Crippen LogP contribution in [0.5, 0.6) is 0 Å². The molecule has 1 aromatic carbocycles. The molecule has 0 aromatic heterocycles. The van der Waals surface area contributed by atoms with Gasteiger partial charge >= 0.3 is 0 Å². The maximum atomic E-state index is 4.26. The molecule has 1 aliphatic rings. The predicted octanol–water partition coefficient (Wildman–Crippen LogP) is 3.08. The number of hydrogen-bond donors (Lipinski definition) is 0. The average Bonchev–Trinajstić information content (AvgIpc) is 2.61. The quantitative estimate of drug-likeness (QED) is 0.695. The summed E-state index contributed by atoms with van der Waals surface area (Å²) < 4.78 is 0. The van der Waals surface area contributed by atoms with E-state index in [2.05, 4.69) is 30.4 Å². The van der Waals surface area contributed by atoms with Gasteiger partial charge < -0.3 is 0 Å². The second-order valence-corrected chi connectivity index (χ2v) is 3.79. The lowest BCUT2D eigenvalue weighted by molar-refractivity contribution is 0.665. The van der Waals surface area contributed by atoms with Gasteiger partial charge in [0.25, 0.3) is 0 Å². The summed E-state index contributed by atoms with van der Waals surface area (Å²) in [6, 6.07) is 8.18. The number of nitrogens with zero attached hydrogens (tertiary/aromatic N) is 2. The molecule has 0 fully saturated rings. The number of fused-ring (bicyclic) bond motifs is 1. The third kappa shape index (κ3) is 1.52. The Balaban J connectivity index is 2.24. The second-order valence-electron chi connectivity index (χ2n) is 3.79. The van der Waals surface area contributed by atoms with Gasteiger partial charge in [0, 0.05) is 11.5 Å². The van der Waals surface area contributed by atoms with Crippen molar-refractivity contribution in [2.45, 2.75) is 26.7 Å². The molecule has 1 unspecified atom stereocenters. The van der Waals surface area contributed by atoms with Crippen LogP contribution in [-0.4, -0.2) is 5.71 Å². The van der Waals surface area contributed by atoms with Crippen LogP contribution in [0.2, 0.25) is 0 Å². The van der Waals surface area contributed by atoms with Crippen molar-refractivity contribution in [2.24, 2.45) is 11.0 Å². The number of hydrogen-bond acceptors (Lipinski definition) is 1. The molecule has 1 aliphatic heterocycles.